The van der Waals surface area contributed by atoms with E-state index in [0.717, 1.165) is 19.4 Å². The maximum Gasteiger partial charge on any atom is 0.328 e. The Morgan fingerprint density at radius 3 is 1.94 bits per heavy atom. The minimum atomic E-state index is -1.26. The van der Waals surface area contributed by atoms with Gasteiger partial charge in [0.2, 0.25) is 0 Å². The molecule has 6 nitrogen and oxygen atoms in total. The highest BCUT2D eigenvalue weighted by atomic mass is 16.5. The number of carbonyl (C=O) groups is 2. The first-order chi connectivity index (χ1) is 7.54. The van der Waals surface area contributed by atoms with E-state index >= 15 is 0 Å². The van der Waals surface area contributed by atoms with Gasteiger partial charge in [-0.3, -0.25) is 0 Å². The first-order valence-electron chi connectivity index (χ1n) is 4.87. The second-order valence-electron chi connectivity index (χ2n) is 2.70. The topological polar surface area (TPSA) is 104 Å². The molecule has 6 heteroatoms. The van der Waals surface area contributed by atoms with Crippen molar-refractivity contribution >= 4 is 11.9 Å². The van der Waals surface area contributed by atoms with Crippen LogP contribution in [-0.4, -0.2) is 47.1 Å². The number of unbranched alkanes of at least 4 members (excludes halogenated alkanes) is 1. The van der Waals surface area contributed by atoms with Crippen molar-refractivity contribution in [2.24, 2.45) is 0 Å². The summed E-state index contributed by atoms with van der Waals surface area (Å²) in [4.78, 5) is 19.1. The molecule has 0 bridgehead atoms. The highest BCUT2D eigenvalue weighted by molar-refractivity contribution is 5.89. The summed E-state index contributed by atoms with van der Waals surface area (Å²) in [5, 5.41) is 23.9. The maximum atomic E-state index is 9.55. The van der Waals surface area contributed by atoms with Gasteiger partial charge in [0.15, 0.2) is 0 Å². The molecule has 0 rings (SSSR count). The predicted molar refractivity (Wildman–Crippen MR) is 57.2 cm³/mol. The molecule has 0 aliphatic rings. The molecule has 0 aromatic carbocycles. The Balaban J connectivity index is 0. The maximum absolute atomic E-state index is 9.55. The summed E-state index contributed by atoms with van der Waals surface area (Å²) in [6, 6.07) is 0. The van der Waals surface area contributed by atoms with Crippen LogP contribution in [0.15, 0.2) is 12.2 Å². The summed E-state index contributed by atoms with van der Waals surface area (Å²) in [6.07, 6.45) is 3.37. The number of ether oxygens (including phenoxy) is 1. The Hall–Kier alpha value is -1.40. The van der Waals surface area contributed by atoms with Crippen LogP contribution in [-0.2, 0) is 14.3 Å². The van der Waals surface area contributed by atoms with Crippen molar-refractivity contribution in [3.05, 3.63) is 12.2 Å². The lowest BCUT2D eigenvalue weighted by atomic mass is 10.4. The second-order valence-corrected chi connectivity index (χ2v) is 2.70. The molecule has 0 amide bonds. The lowest BCUT2D eigenvalue weighted by Crippen LogP contribution is -1.99. The van der Waals surface area contributed by atoms with E-state index in [2.05, 4.69) is 6.92 Å². The zero-order chi connectivity index (χ0) is 12.8. The number of carboxylic acid groups (broad SMARTS) is 2. The molecule has 16 heavy (non-hydrogen) atoms. The number of carboxylic acids is 2. The fourth-order valence-electron chi connectivity index (χ4n) is 0.556. The van der Waals surface area contributed by atoms with Crippen molar-refractivity contribution in [3.63, 3.8) is 0 Å². The quantitative estimate of drug-likeness (QED) is 0.438. The molecule has 0 heterocycles. The third kappa shape index (κ3) is 22.9. The van der Waals surface area contributed by atoms with Crippen molar-refractivity contribution in [2.75, 3.05) is 19.8 Å². The van der Waals surface area contributed by atoms with Crippen LogP contribution in [0.4, 0.5) is 0 Å². The van der Waals surface area contributed by atoms with Crippen molar-refractivity contribution < 1.29 is 29.6 Å². The molecule has 0 saturated carbocycles. The smallest absolute Gasteiger partial charge is 0.328 e. The van der Waals surface area contributed by atoms with Gasteiger partial charge in [-0.25, -0.2) is 9.59 Å². The Morgan fingerprint density at radius 1 is 1.12 bits per heavy atom. The monoisotopic (exact) mass is 234 g/mol. The number of aliphatic hydroxyl groups excluding tert-OH is 1. The number of aliphatic hydroxyl groups is 1. The Morgan fingerprint density at radius 2 is 1.62 bits per heavy atom. The van der Waals surface area contributed by atoms with Gasteiger partial charge >= 0.3 is 11.9 Å². The van der Waals surface area contributed by atoms with Gasteiger partial charge in [-0.1, -0.05) is 13.3 Å². The van der Waals surface area contributed by atoms with Gasteiger partial charge in [0, 0.05) is 18.8 Å². The summed E-state index contributed by atoms with van der Waals surface area (Å²) in [6.45, 7) is 3.53. The van der Waals surface area contributed by atoms with E-state index in [1.165, 1.54) is 0 Å². The molecule has 0 aliphatic carbocycles. The minimum Gasteiger partial charge on any atom is -0.478 e. The number of aliphatic carboxylic acids is 2. The molecule has 0 aromatic heterocycles. The third-order valence-electron chi connectivity index (χ3n) is 1.25. The van der Waals surface area contributed by atoms with Crippen LogP contribution < -0.4 is 0 Å². The minimum absolute atomic E-state index is 0.143. The largest absolute Gasteiger partial charge is 0.478 e. The van der Waals surface area contributed by atoms with Gasteiger partial charge in [-0.2, -0.15) is 0 Å². The fourth-order valence-corrected chi connectivity index (χ4v) is 0.556. The molecule has 94 valence electrons. The lowest BCUT2D eigenvalue weighted by molar-refractivity contribution is -0.134. The van der Waals surface area contributed by atoms with Crippen molar-refractivity contribution in [1.29, 1.82) is 0 Å². The van der Waals surface area contributed by atoms with Gasteiger partial charge in [0.25, 0.3) is 0 Å². The van der Waals surface area contributed by atoms with Gasteiger partial charge < -0.3 is 20.1 Å². The fraction of sp³-hybridized carbons (Fsp3) is 0.600. The Bertz CT molecular complexity index is 189. The summed E-state index contributed by atoms with van der Waals surface area (Å²) < 4.78 is 4.97. The summed E-state index contributed by atoms with van der Waals surface area (Å²) in [5.74, 6) is -2.51. The number of hydrogen-bond donors (Lipinski definition) is 3. The first kappa shape index (κ1) is 17.0. The van der Waals surface area contributed by atoms with Crippen molar-refractivity contribution in [2.45, 2.75) is 19.8 Å². The molecule has 3 N–H and O–H groups in total. The van der Waals surface area contributed by atoms with Crippen molar-refractivity contribution in [3.8, 4) is 0 Å². The van der Waals surface area contributed by atoms with Crippen molar-refractivity contribution in [1.82, 2.24) is 0 Å². The SMILES string of the molecule is CCCCOCCO.O=C(O)/C=C\C(=O)O. The Kier molecular flexibility index (Phi) is 14.5. The zero-order valence-corrected chi connectivity index (χ0v) is 9.26. The molecular weight excluding hydrogens is 216 g/mol. The van der Waals surface area contributed by atoms with Gasteiger partial charge in [0.05, 0.1) is 13.2 Å². The van der Waals surface area contributed by atoms with E-state index in [4.69, 9.17) is 20.1 Å². The normalized spacial score (nSPS) is 9.62. The van der Waals surface area contributed by atoms with Crippen LogP contribution in [0.1, 0.15) is 19.8 Å². The highest BCUT2D eigenvalue weighted by Crippen LogP contribution is 1.85. The van der Waals surface area contributed by atoms with E-state index in [-0.39, 0.29) is 6.61 Å². The standard InChI is InChI=1S/C6H14O2.C4H4O4/c1-2-3-5-8-6-4-7;5-3(6)1-2-4(7)8/h7H,2-6H2,1H3;1-2H,(H,5,6)(H,7,8)/b;2-1-. The van der Waals surface area contributed by atoms with Crippen LogP contribution in [0.2, 0.25) is 0 Å². The molecule has 0 unspecified atom stereocenters. The summed E-state index contributed by atoms with van der Waals surface area (Å²) in [7, 11) is 0. The van der Waals surface area contributed by atoms with Crippen LogP contribution in [0.25, 0.3) is 0 Å². The number of hydrogen-bond acceptors (Lipinski definition) is 4. The molecule has 0 atom stereocenters. The highest BCUT2D eigenvalue weighted by Gasteiger charge is 1.88. The van der Waals surface area contributed by atoms with E-state index in [1.54, 1.807) is 0 Å². The lowest BCUT2D eigenvalue weighted by Gasteiger charge is -1.97. The van der Waals surface area contributed by atoms with Gasteiger partial charge in [-0.15, -0.1) is 0 Å². The van der Waals surface area contributed by atoms with E-state index in [1.807, 2.05) is 0 Å². The first-order valence-corrected chi connectivity index (χ1v) is 4.87. The number of rotatable bonds is 7. The van der Waals surface area contributed by atoms with Crippen LogP contribution in [0, 0.1) is 0 Å². The average Bonchev–Trinajstić information content (AvgIpc) is 2.23. The molecular formula is C10H18O6. The molecule has 0 spiro atoms. The van der Waals surface area contributed by atoms with Gasteiger partial charge in [0.1, 0.15) is 0 Å². The van der Waals surface area contributed by atoms with E-state index in [9.17, 15) is 9.59 Å². The summed E-state index contributed by atoms with van der Waals surface area (Å²) in [5.41, 5.74) is 0. The average molecular weight is 234 g/mol. The van der Waals surface area contributed by atoms with Crippen LogP contribution >= 0.6 is 0 Å². The molecule has 0 saturated heterocycles. The third-order valence-corrected chi connectivity index (χ3v) is 1.25. The Labute approximate surface area is 94.2 Å². The van der Waals surface area contributed by atoms with E-state index in [0.29, 0.717) is 18.8 Å². The van der Waals surface area contributed by atoms with Gasteiger partial charge in [-0.05, 0) is 6.42 Å². The second kappa shape index (κ2) is 13.6. The van der Waals surface area contributed by atoms with E-state index < -0.39 is 11.9 Å². The molecule has 0 aliphatic heterocycles. The van der Waals surface area contributed by atoms with Crippen LogP contribution in [0.3, 0.4) is 0 Å². The molecule has 0 radical (unpaired) electrons. The molecule has 0 fully saturated rings. The van der Waals surface area contributed by atoms with Crippen LogP contribution in [0.5, 0.6) is 0 Å². The predicted octanol–water partition coefficient (Wildman–Crippen LogP) is 0.507. The summed E-state index contributed by atoms with van der Waals surface area (Å²) >= 11 is 0. The zero-order valence-electron chi connectivity index (χ0n) is 9.26. The molecule has 0 aromatic rings.